The molecule has 3 rings (SSSR count). The molecule has 0 spiro atoms. The summed E-state index contributed by atoms with van der Waals surface area (Å²) in [4.78, 5) is 23.9. The van der Waals surface area contributed by atoms with Gasteiger partial charge in [0, 0.05) is 28.9 Å². The van der Waals surface area contributed by atoms with E-state index in [1.807, 2.05) is 0 Å². The van der Waals surface area contributed by atoms with Crippen LogP contribution < -0.4 is 15.4 Å². The van der Waals surface area contributed by atoms with Gasteiger partial charge in [-0.2, -0.15) is 13.2 Å². The van der Waals surface area contributed by atoms with Crippen LogP contribution in [-0.4, -0.2) is 54.3 Å². The second kappa shape index (κ2) is 9.35. The number of nitrogens with zero attached hydrogens (tertiary/aromatic N) is 2. The lowest BCUT2D eigenvalue weighted by atomic mass is 10.0. The fraction of sp³-hybridized carbons (Fsp3) is 0.350. The fourth-order valence-corrected chi connectivity index (χ4v) is 3.78. The molecule has 178 valence electrons. The van der Waals surface area contributed by atoms with E-state index in [-0.39, 0.29) is 11.6 Å². The van der Waals surface area contributed by atoms with E-state index in [0.717, 1.165) is 6.26 Å². The minimum Gasteiger partial charge on any atom is -0.346 e. The second-order valence-electron chi connectivity index (χ2n) is 7.87. The summed E-state index contributed by atoms with van der Waals surface area (Å²) >= 11 is 0. The van der Waals surface area contributed by atoms with Gasteiger partial charge in [0.25, 0.3) is 0 Å². The highest BCUT2D eigenvalue weighted by atomic mass is 32.2. The number of hydrogen-bond donors (Lipinski definition) is 4. The number of aromatic nitrogens is 3. The van der Waals surface area contributed by atoms with Crippen LogP contribution in [0.4, 0.5) is 24.5 Å². The number of carbonyl (C=O) groups excluding carboxylic acids is 1. The van der Waals surface area contributed by atoms with E-state index in [4.69, 9.17) is 0 Å². The Morgan fingerprint density at radius 3 is 2.52 bits per heavy atom. The number of amides is 1. The van der Waals surface area contributed by atoms with Gasteiger partial charge in [-0.05, 0) is 18.1 Å². The Hall–Kier alpha value is -3.19. The van der Waals surface area contributed by atoms with Crippen molar-refractivity contribution in [2.75, 3.05) is 22.8 Å². The largest absolute Gasteiger partial charge is 0.401 e. The van der Waals surface area contributed by atoms with Crippen molar-refractivity contribution in [3.05, 3.63) is 36.9 Å². The van der Waals surface area contributed by atoms with E-state index in [0.29, 0.717) is 27.8 Å². The van der Waals surface area contributed by atoms with E-state index in [2.05, 4.69) is 30.3 Å². The predicted octanol–water partition coefficient (Wildman–Crippen LogP) is 3.11. The Kier molecular flexibility index (Phi) is 6.93. The molecule has 0 fully saturated rings. The molecule has 13 heteroatoms. The highest BCUT2D eigenvalue weighted by molar-refractivity contribution is 7.92. The van der Waals surface area contributed by atoms with Crippen molar-refractivity contribution in [1.29, 1.82) is 0 Å². The van der Waals surface area contributed by atoms with E-state index in [1.165, 1.54) is 18.6 Å². The molecule has 0 radical (unpaired) electrons. The van der Waals surface area contributed by atoms with Crippen LogP contribution in [-0.2, 0) is 14.8 Å². The Labute approximate surface area is 188 Å². The molecule has 3 aromatic rings. The maximum absolute atomic E-state index is 12.6. The SMILES string of the molecule is CC(C)[C@H](NCC(F)(F)F)C(=O)Nc1cncc(-c2c[nH]c3ncc(NS(C)(=O)=O)cc23)c1. The first-order valence-electron chi connectivity index (χ1n) is 9.84. The van der Waals surface area contributed by atoms with E-state index >= 15 is 0 Å². The van der Waals surface area contributed by atoms with E-state index in [1.54, 1.807) is 32.2 Å². The summed E-state index contributed by atoms with van der Waals surface area (Å²) in [6.07, 6.45) is 2.54. The van der Waals surface area contributed by atoms with Crippen molar-refractivity contribution in [2.45, 2.75) is 26.1 Å². The van der Waals surface area contributed by atoms with Crippen LogP contribution in [0.2, 0.25) is 0 Å². The minimum absolute atomic E-state index is 0.277. The molecule has 3 aromatic heterocycles. The van der Waals surface area contributed by atoms with Crippen LogP contribution >= 0.6 is 0 Å². The van der Waals surface area contributed by atoms with Gasteiger partial charge < -0.3 is 10.3 Å². The van der Waals surface area contributed by atoms with Crippen LogP contribution in [0.3, 0.4) is 0 Å². The fourth-order valence-electron chi connectivity index (χ4n) is 3.24. The lowest BCUT2D eigenvalue weighted by Gasteiger charge is -2.22. The Balaban J connectivity index is 1.85. The normalized spacial score (nSPS) is 13.3. The van der Waals surface area contributed by atoms with Crippen LogP contribution in [0, 0.1) is 5.92 Å². The van der Waals surface area contributed by atoms with Gasteiger partial charge in [-0.25, -0.2) is 13.4 Å². The molecule has 1 atom stereocenters. The summed E-state index contributed by atoms with van der Waals surface area (Å²) in [6, 6.07) is 2.17. The average Bonchev–Trinajstić information content (AvgIpc) is 3.09. The molecule has 4 N–H and O–H groups in total. The number of sulfonamides is 1. The third kappa shape index (κ3) is 6.65. The first-order valence-corrected chi connectivity index (χ1v) is 11.7. The Morgan fingerprint density at radius 1 is 1.15 bits per heavy atom. The molecule has 0 aromatic carbocycles. The number of alkyl halides is 3. The lowest BCUT2D eigenvalue weighted by Crippen LogP contribution is -2.47. The summed E-state index contributed by atoms with van der Waals surface area (Å²) in [5.74, 6) is -1.00. The monoisotopic (exact) mass is 484 g/mol. The quantitative estimate of drug-likeness (QED) is 0.389. The average molecular weight is 485 g/mol. The molecular formula is C20H23F3N6O3S. The highest BCUT2D eigenvalue weighted by Crippen LogP contribution is 2.30. The van der Waals surface area contributed by atoms with Gasteiger partial charge in [0.1, 0.15) is 5.65 Å². The maximum atomic E-state index is 12.6. The summed E-state index contributed by atoms with van der Waals surface area (Å²) in [5.41, 5.74) is 2.31. The predicted molar refractivity (Wildman–Crippen MR) is 119 cm³/mol. The van der Waals surface area contributed by atoms with Gasteiger partial charge in [-0.3, -0.25) is 19.8 Å². The molecule has 0 aliphatic heterocycles. The number of aromatic amines is 1. The summed E-state index contributed by atoms with van der Waals surface area (Å²) in [5, 5.41) is 5.46. The number of nitrogens with one attached hydrogen (secondary N) is 4. The standard InChI is InChI=1S/C20H23F3N6O3S/c1-11(2)17(27-10-20(21,22)23)19(30)28-13-4-12(6-24-7-13)16-9-26-18-15(16)5-14(8-25-18)29-33(3,31)32/h4-9,11,17,27,29H,10H2,1-3H3,(H,25,26)(H,28,30)/t17-/m0/s1. The zero-order valence-corrected chi connectivity index (χ0v) is 18.8. The molecule has 0 aliphatic rings. The van der Waals surface area contributed by atoms with E-state index in [9.17, 15) is 26.4 Å². The molecule has 1 amide bonds. The number of hydrogen-bond acceptors (Lipinski definition) is 6. The molecule has 0 saturated carbocycles. The van der Waals surface area contributed by atoms with Gasteiger partial charge in [0.2, 0.25) is 15.9 Å². The minimum atomic E-state index is -4.44. The third-order valence-electron chi connectivity index (χ3n) is 4.62. The van der Waals surface area contributed by atoms with Gasteiger partial charge in [-0.15, -0.1) is 0 Å². The number of anilines is 2. The summed E-state index contributed by atoms with van der Waals surface area (Å²) in [7, 11) is -3.49. The molecule has 33 heavy (non-hydrogen) atoms. The summed E-state index contributed by atoms with van der Waals surface area (Å²) in [6.45, 7) is 2.00. The highest BCUT2D eigenvalue weighted by Gasteiger charge is 2.31. The topological polar surface area (TPSA) is 129 Å². The molecule has 0 unspecified atom stereocenters. The van der Waals surface area contributed by atoms with Crippen molar-refractivity contribution in [3.8, 4) is 11.1 Å². The Bertz CT molecular complexity index is 1260. The lowest BCUT2D eigenvalue weighted by molar-refractivity contribution is -0.131. The van der Waals surface area contributed by atoms with Gasteiger partial charge >= 0.3 is 6.18 Å². The Morgan fingerprint density at radius 2 is 1.88 bits per heavy atom. The number of halogens is 3. The third-order valence-corrected chi connectivity index (χ3v) is 5.23. The van der Waals surface area contributed by atoms with Gasteiger partial charge in [0.15, 0.2) is 0 Å². The number of fused-ring (bicyclic) bond motifs is 1. The molecule has 9 nitrogen and oxygen atoms in total. The van der Waals surface area contributed by atoms with Crippen LogP contribution in [0.25, 0.3) is 22.2 Å². The first-order chi connectivity index (χ1) is 15.3. The number of rotatable bonds is 8. The number of H-pyrrole nitrogens is 1. The molecule has 0 saturated heterocycles. The maximum Gasteiger partial charge on any atom is 0.401 e. The van der Waals surface area contributed by atoms with Crippen molar-refractivity contribution >= 4 is 38.3 Å². The molecule has 0 bridgehead atoms. The first kappa shape index (κ1) is 24.5. The van der Waals surface area contributed by atoms with Crippen LogP contribution in [0.15, 0.2) is 36.9 Å². The van der Waals surface area contributed by atoms with E-state index < -0.39 is 34.7 Å². The van der Waals surface area contributed by atoms with Crippen LogP contribution in [0.1, 0.15) is 13.8 Å². The smallest absolute Gasteiger partial charge is 0.346 e. The van der Waals surface area contributed by atoms with Crippen molar-refractivity contribution in [2.24, 2.45) is 5.92 Å². The molecule has 0 aliphatic carbocycles. The molecular weight excluding hydrogens is 461 g/mol. The van der Waals surface area contributed by atoms with Crippen molar-refractivity contribution in [3.63, 3.8) is 0 Å². The molecule has 3 heterocycles. The van der Waals surface area contributed by atoms with Crippen LogP contribution in [0.5, 0.6) is 0 Å². The second-order valence-corrected chi connectivity index (χ2v) is 9.61. The number of carbonyl (C=O) groups is 1. The number of pyridine rings is 2. The van der Waals surface area contributed by atoms with Crippen molar-refractivity contribution < 1.29 is 26.4 Å². The van der Waals surface area contributed by atoms with Crippen molar-refractivity contribution in [1.82, 2.24) is 20.3 Å². The summed E-state index contributed by atoms with van der Waals surface area (Å²) < 4.78 is 63.1. The van der Waals surface area contributed by atoms with Gasteiger partial charge in [0.05, 0.1) is 42.6 Å². The zero-order valence-electron chi connectivity index (χ0n) is 18.0. The zero-order chi connectivity index (χ0) is 24.4. The van der Waals surface area contributed by atoms with Gasteiger partial charge in [-0.1, -0.05) is 13.8 Å².